The maximum Gasteiger partial charge on any atom is 0.337 e. The van der Waals surface area contributed by atoms with E-state index in [0.29, 0.717) is 25.0 Å². The van der Waals surface area contributed by atoms with Crippen molar-refractivity contribution in [3.8, 4) is 0 Å². The van der Waals surface area contributed by atoms with E-state index in [0.717, 1.165) is 11.3 Å². The zero-order valence-electron chi connectivity index (χ0n) is 11.5. The van der Waals surface area contributed by atoms with Crippen molar-refractivity contribution < 1.29 is 14.7 Å². The van der Waals surface area contributed by atoms with Gasteiger partial charge in [-0.25, -0.2) is 9.78 Å². The van der Waals surface area contributed by atoms with Gasteiger partial charge in [0.05, 0.1) is 11.1 Å². The minimum Gasteiger partial charge on any atom is -0.478 e. The van der Waals surface area contributed by atoms with Gasteiger partial charge in [0.1, 0.15) is 11.3 Å². The minimum absolute atomic E-state index is 0.0845. The van der Waals surface area contributed by atoms with Crippen LogP contribution >= 0.6 is 0 Å². The molecule has 0 radical (unpaired) electrons. The van der Waals surface area contributed by atoms with Crippen molar-refractivity contribution in [3.05, 3.63) is 29.6 Å². The Kier molecular flexibility index (Phi) is 4.02. The number of carboxylic acid groups (broad SMARTS) is 1. The number of hydrogen-bond acceptors (Lipinski definition) is 3. The van der Waals surface area contributed by atoms with E-state index in [2.05, 4.69) is 10.3 Å². The molecule has 1 heterocycles. The lowest BCUT2D eigenvalue weighted by Crippen LogP contribution is -2.25. The van der Waals surface area contributed by atoms with Crippen LogP contribution in [-0.2, 0) is 17.8 Å². The van der Waals surface area contributed by atoms with Crippen LogP contribution in [0.4, 0.5) is 0 Å². The van der Waals surface area contributed by atoms with Crippen molar-refractivity contribution >= 4 is 22.9 Å². The van der Waals surface area contributed by atoms with Crippen molar-refractivity contribution in [2.45, 2.75) is 26.8 Å². The number of aryl methyl sites for hydroxylation is 1. The average molecular weight is 275 g/mol. The highest BCUT2D eigenvalue weighted by Gasteiger charge is 2.15. The molecule has 0 spiro atoms. The summed E-state index contributed by atoms with van der Waals surface area (Å²) in [5.74, 6) is -0.248. The fourth-order valence-corrected chi connectivity index (χ4v) is 2.23. The summed E-state index contributed by atoms with van der Waals surface area (Å²) < 4.78 is 1.96. The molecule has 2 aromatic rings. The summed E-state index contributed by atoms with van der Waals surface area (Å²) in [7, 11) is 0. The Labute approximate surface area is 116 Å². The number of amides is 1. The fraction of sp³-hybridized carbons (Fsp3) is 0.357. The highest BCUT2D eigenvalue weighted by Crippen LogP contribution is 2.20. The highest BCUT2D eigenvalue weighted by atomic mass is 16.4. The predicted octanol–water partition coefficient (Wildman–Crippen LogP) is 1.43. The Balaban J connectivity index is 2.44. The average Bonchev–Trinajstić information content (AvgIpc) is 2.76. The third kappa shape index (κ3) is 2.64. The second-order valence-electron chi connectivity index (χ2n) is 4.49. The van der Waals surface area contributed by atoms with E-state index in [4.69, 9.17) is 0 Å². The number of fused-ring (bicyclic) bond motifs is 1. The molecule has 0 aliphatic rings. The summed E-state index contributed by atoms with van der Waals surface area (Å²) in [6, 6.07) is 5.11. The summed E-state index contributed by atoms with van der Waals surface area (Å²) in [5, 5.41) is 11.9. The molecule has 0 saturated carbocycles. The Bertz CT molecular complexity index is 661. The van der Waals surface area contributed by atoms with Gasteiger partial charge in [0.25, 0.3) is 0 Å². The van der Waals surface area contributed by atoms with Crippen LogP contribution in [0.25, 0.3) is 11.0 Å². The third-order valence-corrected chi connectivity index (χ3v) is 3.11. The molecule has 0 aliphatic heterocycles. The van der Waals surface area contributed by atoms with E-state index in [9.17, 15) is 14.7 Å². The molecule has 20 heavy (non-hydrogen) atoms. The summed E-state index contributed by atoms with van der Waals surface area (Å²) in [6.45, 7) is 4.50. The maximum absolute atomic E-state index is 11.2. The molecule has 0 aliphatic carbocycles. The first kappa shape index (κ1) is 14.0. The van der Waals surface area contributed by atoms with E-state index in [1.54, 1.807) is 12.1 Å². The van der Waals surface area contributed by atoms with Crippen LogP contribution in [0.3, 0.4) is 0 Å². The van der Waals surface area contributed by atoms with Crippen molar-refractivity contribution in [1.82, 2.24) is 14.9 Å². The Morgan fingerprint density at radius 3 is 2.75 bits per heavy atom. The number of rotatable bonds is 5. The molecule has 1 aromatic carbocycles. The molecule has 106 valence electrons. The molecular formula is C14H17N3O3. The van der Waals surface area contributed by atoms with Gasteiger partial charge >= 0.3 is 5.97 Å². The van der Waals surface area contributed by atoms with Crippen LogP contribution in [0.2, 0.25) is 0 Å². The summed E-state index contributed by atoms with van der Waals surface area (Å²) in [6.07, 6.45) is 0.702. The number of carbonyl (C=O) groups is 2. The zero-order valence-corrected chi connectivity index (χ0v) is 11.5. The summed E-state index contributed by atoms with van der Waals surface area (Å²) >= 11 is 0. The van der Waals surface area contributed by atoms with Gasteiger partial charge in [0.2, 0.25) is 5.91 Å². The lowest BCUT2D eigenvalue weighted by Gasteiger charge is -2.08. The Morgan fingerprint density at radius 1 is 1.40 bits per heavy atom. The molecular weight excluding hydrogens is 258 g/mol. The maximum atomic E-state index is 11.2. The van der Waals surface area contributed by atoms with Gasteiger partial charge in [-0.15, -0.1) is 0 Å². The van der Waals surface area contributed by atoms with Gasteiger partial charge in [-0.2, -0.15) is 0 Å². The van der Waals surface area contributed by atoms with Crippen LogP contribution in [0.15, 0.2) is 18.2 Å². The van der Waals surface area contributed by atoms with Crippen LogP contribution in [0, 0.1) is 0 Å². The van der Waals surface area contributed by atoms with E-state index in [-0.39, 0.29) is 11.5 Å². The van der Waals surface area contributed by atoms with Gasteiger partial charge in [-0.05, 0) is 12.1 Å². The third-order valence-electron chi connectivity index (χ3n) is 3.11. The predicted molar refractivity (Wildman–Crippen MR) is 74.8 cm³/mol. The molecule has 6 nitrogen and oxygen atoms in total. The Hall–Kier alpha value is -2.37. The lowest BCUT2D eigenvalue weighted by molar-refractivity contribution is -0.118. The molecule has 0 saturated heterocycles. The molecule has 6 heteroatoms. The molecule has 0 atom stereocenters. The number of hydrogen-bond donors (Lipinski definition) is 2. The fourth-order valence-electron chi connectivity index (χ4n) is 2.23. The monoisotopic (exact) mass is 275 g/mol. The SMILES string of the molecule is CCc1nc2c(C(=O)O)cccc2n1CCNC(C)=O. The van der Waals surface area contributed by atoms with Gasteiger partial charge in [0.15, 0.2) is 0 Å². The largest absolute Gasteiger partial charge is 0.478 e. The molecule has 2 N–H and O–H groups in total. The van der Waals surface area contributed by atoms with Crippen LogP contribution in [-0.4, -0.2) is 33.1 Å². The smallest absolute Gasteiger partial charge is 0.337 e. The number of benzene rings is 1. The van der Waals surface area contributed by atoms with E-state index >= 15 is 0 Å². The van der Waals surface area contributed by atoms with E-state index < -0.39 is 5.97 Å². The van der Waals surface area contributed by atoms with Crippen molar-refractivity contribution in [1.29, 1.82) is 0 Å². The lowest BCUT2D eigenvalue weighted by atomic mass is 10.2. The first-order valence-electron chi connectivity index (χ1n) is 6.50. The number of nitrogens with one attached hydrogen (secondary N) is 1. The molecule has 1 amide bonds. The molecule has 0 fully saturated rings. The van der Waals surface area contributed by atoms with Gasteiger partial charge in [-0.1, -0.05) is 13.0 Å². The van der Waals surface area contributed by atoms with Gasteiger partial charge in [0, 0.05) is 26.4 Å². The number of nitrogens with zero attached hydrogens (tertiary/aromatic N) is 2. The van der Waals surface area contributed by atoms with Crippen LogP contribution in [0.5, 0.6) is 0 Å². The van der Waals surface area contributed by atoms with Crippen LogP contribution in [0.1, 0.15) is 30.0 Å². The van der Waals surface area contributed by atoms with Gasteiger partial charge in [-0.3, -0.25) is 4.79 Å². The molecule has 0 bridgehead atoms. The second kappa shape index (κ2) is 5.73. The zero-order chi connectivity index (χ0) is 14.7. The van der Waals surface area contributed by atoms with Crippen molar-refractivity contribution in [2.75, 3.05) is 6.54 Å². The minimum atomic E-state index is -0.982. The van der Waals surface area contributed by atoms with E-state index in [1.807, 2.05) is 17.6 Å². The molecule has 1 aromatic heterocycles. The standard InChI is InChI=1S/C14H17N3O3/c1-3-12-16-13-10(14(19)20)5-4-6-11(13)17(12)8-7-15-9(2)18/h4-6H,3,7-8H2,1-2H3,(H,15,18)(H,19,20). The van der Waals surface area contributed by atoms with Gasteiger partial charge < -0.3 is 15.0 Å². The number of carbonyl (C=O) groups excluding carboxylic acids is 1. The first-order chi connectivity index (χ1) is 9.54. The number of aromatic carboxylic acids is 1. The number of para-hydroxylation sites is 1. The van der Waals surface area contributed by atoms with Crippen molar-refractivity contribution in [2.24, 2.45) is 0 Å². The summed E-state index contributed by atoms with van der Waals surface area (Å²) in [5.41, 5.74) is 1.49. The molecule has 2 rings (SSSR count). The normalized spacial score (nSPS) is 10.7. The number of carboxylic acids is 1. The van der Waals surface area contributed by atoms with Crippen LogP contribution < -0.4 is 5.32 Å². The second-order valence-corrected chi connectivity index (χ2v) is 4.49. The molecule has 0 unspecified atom stereocenters. The Morgan fingerprint density at radius 2 is 2.15 bits per heavy atom. The first-order valence-corrected chi connectivity index (χ1v) is 6.50. The topological polar surface area (TPSA) is 84.2 Å². The number of aromatic nitrogens is 2. The highest BCUT2D eigenvalue weighted by molar-refractivity contribution is 6.01. The quantitative estimate of drug-likeness (QED) is 0.864. The summed E-state index contributed by atoms with van der Waals surface area (Å²) in [4.78, 5) is 26.6. The van der Waals surface area contributed by atoms with E-state index in [1.165, 1.54) is 6.92 Å². The number of imidazole rings is 1. The van der Waals surface area contributed by atoms with Crippen molar-refractivity contribution in [3.63, 3.8) is 0 Å².